The SMILES string of the molecule is O=C(O)c1ccoc1COc1ccccc1[N+](=O)[O-]. The van der Waals surface area contributed by atoms with Gasteiger partial charge in [0.25, 0.3) is 0 Å². The van der Waals surface area contributed by atoms with Crippen molar-refractivity contribution in [2.24, 2.45) is 0 Å². The Labute approximate surface area is 107 Å². The number of nitro benzene ring substituents is 1. The van der Waals surface area contributed by atoms with Gasteiger partial charge in [-0.3, -0.25) is 10.1 Å². The number of rotatable bonds is 5. The standard InChI is InChI=1S/C12H9NO6/c14-12(15)8-5-6-18-11(8)7-19-10-4-2-1-3-9(10)13(16)17/h1-6H,7H2,(H,14,15). The van der Waals surface area contributed by atoms with E-state index in [9.17, 15) is 14.9 Å². The number of ether oxygens (including phenoxy) is 1. The van der Waals surface area contributed by atoms with E-state index in [1.54, 1.807) is 6.07 Å². The minimum Gasteiger partial charge on any atom is -0.479 e. The summed E-state index contributed by atoms with van der Waals surface area (Å²) in [6.07, 6.45) is 1.22. The summed E-state index contributed by atoms with van der Waals surface area (Å²) in [4.78, 5) is 21.0. The van der Waals surface area contributed by atoms with Crippen LogP contribution in [0.4, 0.5) is 5.69 Å². The first kappa shape index (κ1) is 12.6. The van der Waals surface area contributed by atoms with Crippen molar-refractivity contribution in [2.75, 3.05) is 0 Å². The third-order valence-corrected chi connectivity index (χ3v) is 2.40. The van der Waals surface area contributed by atoms with Gasteiger partial charge in [-0.25, -0.2) is 4.79 Å². The van der Waals surface area contributed by atoms with Crippen molar-refractivity contribution in [1.29, 1.82) is 0 Å². The molecule has 0 aliphatic heterocycles. The second kappa shape index (κ2) is 5.21. The highest BCUT2D eigenvalue weighted by molar-refractivity contribution is 5.88. The van der Waals surface area contributed by atoms with Crippen LogP contribution in [0.5, 0.6) is 5.75 Å². The molecule has 1 aromatic carbocycles. The lowest BCUT2D eigenvalue weighted by molar-refractivity contribution is -0.386. The number of carbonyl (C=O) groups is 1. The zero-order valence-corrected chi connectivity index (χ0v) is 9.61. The highest BCUT2D eigenvalue weighted by atomic mass is 16.6. The summed E-state index contributed by atoms with van der Waals surface area (Å²) >= 11 is 0. The second-order valence-electron chi connectivity index (χ2n) is 3.58. The van der Waals surface area contributed by atoms with Crippen LogP contribution in [-0.4, -0.2) is 16.0 Å². The lowest BCUT2D eigenvalue weighted by atomic mass is 10.2. The smallest absolute Gasteiger partial charge is 0.339 e. The lowest BCUT2D eigenvalue weighted by Crippen LogP contribution is -2.03. The molecule has 7 heteroatoms. The molecule has 0 amide bonds. The van der Waals surface area contributed by atoms with Gasteiger partial charge >= 0.3 is 11.7 Å². The number of carboxylic acid groups (broad SMARTS) is 1. The van der Waals surface area contributed by atoms with Crippen LogP contribution in [0.1, 0.15) is 16.1 Å². The first-order chi connectivity index (χ1) is 9.09. The minimum atomic E-state index is -1.14. The molecule has 0 radical (unpaired) electrons. The summed E-state index contributed by atoms with van der Waals surface area (Å²) in [6.45, 7) is -0.195. The van der Waals surface area contributed by atoms with Crippen LogP contribution >= 0.6 is 0 Å². The monoisotopic (exact) mass is 263 g/mol. The molecule has 1 heterocycles. The highest BCUT2D eigenvalue weighted by Crippen LogP contribution is 2.27. The van der Waals surface area contributed by atoms with Crippen LogP contribution in [0.2, 0.25) is 0 Å². The third-order valence-electron chi connectivity index (χ3n) is 2.40. The maximum absolute atomic E-state index is 10.8. The first-order valence-corrected chi connectivity index (χ1v) is 5.25. The van der Waals surface area contributed by atoms with Crippen LogP contribution in [-0.2, 0) is 6.61 Å². The molecular weight excluding hydrogens is 254 g/mol. The number of nitrogens with zero attached hydrogens (tertiary/aromatic N) is 1. The fourth-order valence-corrected chi connectivity index (χ4v) is 1.52. The predicted molar refractivity (Wildman–Crippen MR) is 63.1 cm³/mol. The van der Waals surface area contributed by atoms with Crippen molar-refractivity contribution in [1.82, 2.24) is 0 Å². The van der Waals surface area contributed by atoms with Gasteiger partial charge in [0, 0.05) is 6.07 Å². The number of hydrogen-bond acceptors (Lipinski definition) is 5. The topological polar surface area (TPSA) is 103 Å². The first-order valence-electron chi connectivity index (χ1n) is 5.25. The van der Waals surface area contributed by atoms with E-state index in [0.29, 0.717) is 0 Å². The fraction of sp³-hybridized carbons (Fsp3) is 0.0833. The number of furan rings is 1. The Kier molecular flexibility index (Phi) is 3.46. The molecule has 98 valence electrons. The van der Waals surface area contributed by atoms with E-state index in [1.165, 1.54) is 30.5 Å². The van der Waals surface area contributed by atoms with Crippen molar-refractivity contribution >= 4 is 11.7 Å². The average Bonchev–Trinajstić information content (AvgIpc) is 2.85. The van der Waals surface area contributed by atoms with E-state index < -0.39 is 10.9 Å². The van der Waals surface area contributed by atoms with Gasteiger partial charge in [0.05, 0.1) is 11.2 Å². The molecule has 0 fully saturated rings. The Morgan fingerprint density at radius 1 is 1.37 bits per heavy atom. The van der Waals surface area contributed by atoms with E-state index in [4.69, 9.17) is 14.3 Å². The molecule has 19 heavy (non-hydrogen) atoms. The average molecular weight is 263 g/mol. The van der Waals surface area contributed by atoms with Gasteiger partial charge in [-0.1, -0.05) is 12.1 Å². The molecular formula is C12H9NO6. The molecule has 7 nitrogen and oxygen atoms in total. The molecule has 1 N–H and O–H groups in total. The fourth-order valence-electron chi connectivity index (χ4n) is 1.52. The van der Waals surface area contributed by atoms with E-state index >= 15 is 0 Å². The Hall–Kier alpha value is -2.83. The Balaban J connectivity index is 2.17. The van der Waals surface area contributed by atoms with Crippen molar-refractivity contribution < 1.29 is 24.0 Å². The van der Waals surface area contributed by atoms with Gasteiger partial charge < -0.3 is 14.3 Å². The molecule has 0 saturated carbocycles. The molecule has 0 unspecified atom stereocenters. The normalized spacial score (nSPS) is 10.1. The predicted octanol–water partition coefficient (Wildman–Crippen LogP) is 2.47. The van der Waals surface area contributed by atoms with Crippen molar-refractivity contribution in [3.05, 3.63) is 58.0 Å². The van der Waals surface area contributed by atoms with Crippen molar-refractivity contribution in [2.45, 2.75) is 6.61 Å². The lowest BCUT2D eigenvalue weighted by Gasteiger charge is -2.05. The molecule has 0 saturated heterocycles. The van der Waals surface area contributed by atoms with E-state index in [-0.39, 0.29) is 29.4 Å². The van der Waals surface area contributed by atoms with E-state index in [2.05, 4.69) is 0 Å². The molecule has 2 aromatic rings. The third kappa shape index (κ3) is 2.71. The molecule has 0 spiro atoms. The van der Waals surface area contributed by atoms with E-state index in [0.717, 1.165) is 0 Å². The van der Waals surface area contributed by atoms with Gasteiger partial charge in [0.15, 0.2) is 11.5 Å². The maximum atomic E-state index is 10.8. The van der Waals surface area contributed by atoms with Gasteiger partial charge in [-0.15, -0.1) is 0 Å². The van der Waals surface area contributed by atoms with Crippen LogP contribution in [0.25, 0.3) is 0 Å². The number of carboxylic acids is 1. The maximum Gasteiger partial charge on any atom is 0.339 e. The molecule has 0 aliphatic rings. The van der Waals surface area contributed by atoms with Gasteiger partial charge in [-0.2, -0.15) is 0 Å². The number of para-hydroxylation sites is 2. The van der Waals surface area contributed by atoms with Crippen molar-refractivity contribution in [3.8, 4) is 5.75 Å². The summed E-state index contributed by atoms with van der Waals surface area (Å²) in [5.41, 5.74) is -0.218. The Bertz CT molecular complexity index is 618. The summed E-state index contributed by atoms with van der Waals surface area (Å²) in [7, 11) is 0. The molecule has 2 rings (SSSR count). The largest absolute Gasteiger partial charge is 0.479 e. The van der Waals surface area contributed by atoms with Crippen molar-refractivity contribution in [3.63, 3.8) is 0 Å². The minimum absolute atomic E-state index is 0.0291. The summed E-state index contributed by atoms with van der Waals surface area (Å²) in [5, 5.41) is 19.6. The number of nitro groups is 1. The molecule has 0 aliphatic carbocycles. The van der Waals surface area contributed by atoms with Crippen LogP contribution in [0.15, 0.2) is 41.0 Å². The summed E-state index contributed by atoms with van der Waals surface area (Å²) in [5.74, 6) is -0.985. The Morgan fingerprint density at radius 3 is 2.79 bits per heavy atom. The Morgan fingerprint density at radius 2 is 2.11 bits per heavy atom. The highest BCUT2D eigenvalue weighted by Gasteiger charge is 2.17. The molecule has 0 bridgehead atoms. The van der Waals surface area contributed by atoms with E-state index in [1.807, 2.05) is 0 Å². The van der Waals surface area contributed by atoms with Crippen LogP contribution < -0.4 is 4.74 Å². The number of aromatic carboxylic acids is 1. The summed E-state index contributed by atoms with van der Waals surface area (Å²) in [6, 6.07) is 7.13. The molecule has 0 atom stereocenters. The number of hydrogen-bond donors (Lipinski definition) is 1. The number of benzene rings is 1. The van der Waals surface area contributed by atoms with Gasteiger partial charge in [-0.05, 0) is 12.1 Å². The van der Waals surface area contributed by atoms with Gasteiger partial charge in [0.1, 0.15) is 12.2 Å². The zero-order chi connectivity index (χ0) is 13.8. The zero-order valence-electron chi connectivity index (χ0n) is 9.61. The quantitative estimate of drug-likeness (QED) is 0.656. The van der Waals surface area contributed by atoms with Gasteiger partial charge in [0.2, 0.25) is 0 Å². The van der Waals surface area contributed by atoms with Crippen LogP contribution in [0, 0.1) is 10.1 Å². The summed E-state index contributed by atoms with van der Waals surface area (Å²) < 4.78 is 10.2. The van der Waals surface area contributed by atoms with Crippen LogP contribution in [0.3, 0.4) is 0 Å². The second-order valence-corrected chi connectivity index (χ2v) is 3.58. The molecule has 1 aromatic heterocycles.